The molecule has 132 valence electrons. The molecule has 0 atom stereocenters. The predicted octanol–water partition coefficient (Wildman–Crippen LogP) is 6.04. The third kappa shape index (κ3) is 4.15. The highest BCUT2D eigenvalue weighted by molar-refractivity contribution is 5.96. The Hall–Kier alpha value is -3.00. The van der Waals surface area contributed by atoms with Crippen LogP contribution >= 0.6 is 0 Å². The summed E-state index contributed by atoms with van der Waals surface area (Å²) in [6.45, 7) is 5.27. The lowest BCUT2D eigenvalue weighted by Gasteiger charge is -2.17. The van der Waals surface area contributed by atoms with Gasteiger partial charge in [0, 0.05) is 11.1 Å². The molecule has 2 heteroatoms. The van der Waals surface area contributed by atoms with Crippen LogP contribution in [-0.4, -0.2) is 13.2 Å². The Balaban J connectivity index is 2.18. The summed E-state index contributed by atoms with van der Waals surface area (Å²) >= 11 is 0. The first-order chi connectivity index (χ1) is 12.8. The second kappa shape index (κ2) is 8.91. The van der Waals surface area contributed by atoms with Crippen molar-refractivity contribution in [2.45, 2.75) is 13.8 Å². The van der Waals surface area contributed by atoms with Gasteiger partial charge >= 0.3 is 0 Å². The van der Waals surface area contributed by atoms with Gasteiger partial charge < -0.3 is 9.47 Å². The van der Waals surface area contributed by atoms with Gasteiger partial charge in [-0.15, -0.1) is 0 Å². The maximum absolute atomic E-state index is 6.14. The van der Waals surface area contributed by atoms with Gasteiger partial charge in [-0.1, -0.05) is 60.7 Å². The lowest BCUT2D eigenvalue weighted by molar-refractivity contribution is 0.299. The van der Waals surface area contributed by atoms with Crippen LogP contribution in [0.4, 0.5) is 0 Å². The van der Waals surface area contributed by atoms with Gasteiger partial charge in [0.25, 0.3) is 0 Å². The molecule has 3 aromatic rings. The number of rotatable bonds is 7. The van der Waals surface area contributed by atoms with E-state index in [1.807, 2.05) is 38.1 Å². The Morgan fingerprint density at radius 3 is 1.62 bits per heavy atom. The summed E-state index contributed by atoms with van der Waals surface area (Å²) in [6, 6.07) is 28.9. The monoisotopic (exact) mass is 344 g/mol. The van der Waals surface area contributed by atoms with Crippen molar-refractivity contribution >= 4 is 11.3 Å². The highest BCUT2D eigenvalue weighted by Gasteiger charge is 2.15. The van der Waals surface area contributed by atoms with Gasteiger partial charge in [-0.05, 0) is 49.2 Å². The standard InChI is InChI=1S/C24H24O2/c1-3-25-22-17-15-21(16-18-22)24(26-4-2)23(19-11-7-5-8-12-19)20-13-9-6-10-14-20/h5-18H,3-4H2,1-2H3. The Labute approximate surface area is 155 Å². The van der Waals surface area contributed by atoms with Crippen LogP contribution in [0.1, 0.15) is 30.5 Å². The second-order valence-corrected chi connectivity index (χ2v) is 5.83. The molecule has 0 N–H and O–H groups in total. The van der Waals surface area contributed by atoms with E-state index in [2.05, 4.69) is 60.7 Å². The zero-order valence-corrected chi connectivity index (χ0v) is 15.3. The summed E-state index contributed by atoms with van der Waals surface area (Å²) in [5.41, 5.74) is 4.40. The van der Waals surface area contributed by atoms with E-state index in [0.29, 0.717) is 13.2 Å². The third-order valence-electron chi connectivity index (χ3n) is 4.07. The fourth-order valence-electron chi connectivity index (χ4n) is 2.95. The quantitative estimate of drug-likeness (QED) is 0.384. The molecule has 0 aliphatic heterocycles. The molecule has 3 aromatic carbocycles. The molecule has 0 unspecified atom stereocenters. The highest BCUT2D eigenvalue weighted by atomic mass is 16.5. The van der Waals surface area contributed by atoms with Gasteiger partial charge in [-0.3, -0.25) is 0 Å². The molecule has 3 rings (SSSR count). The molecule has 0 saturated carbocycles. The maximum atomic E-state index is 6.14. The van der Waals surface area contributed by atoms with Crippen molar-refractivity contribution in [1.82, 2.24) is 0 Å². The van der Waals surface area contributed by atoms with Crippen LogP contribution in [0.25, 0.3) is 11.3 Å². The number of hydrogen-bond donors (Lipinski definition) is 0. The number of benzene rings is 3. The van der Waals surface area contributed by atoms with Gasteiger partial charge in [-0.2, -0.15) is 0 Å². The molecular weight excluding hydrogens is 320 g/mol. The molecule has 0 aliphatic rings. The van der Waals surface area contributed by atoms with Crippen LogP contribution in [0.3, 0.4) is 0 Å². The average Bonchev–Trinajstić information content (AvgIpc) is 2.70. The van der Waals surface area contributed by atoms with Crippen LogP contribution in [0.2, 0.25) is 0 Å². The zero-order chi connectivity index (χ0) is 18.2. The fourth-order valence-corrected chi connectivity index (χ4v) is 2.95. The molecule has 0 aromatic heterocycles. The van der Waals surface area contributed by atoms with Crippen LogP contribution in [-0.2, 0) is 4.74 Å². The summed E-state index contributed by atoms with van der Waals surface area (Å²) in [7, 11) is 0. The van der Waals surface area contributed by atoms with Crippen LogP contribution in [0, 0.1) is 0 Å². The van der Waals surface area contributed by atoms with Crippen molar-refractivity contribution in [2.24, 2.45) is 0 Å². The second-order valence-electron chi connectivity index (χ2n) is 5.83. The van der Waals surface area contributed by atoms with Crippen LogP contribution < -0.4 is 4.74 Å². The normalized spacial score (nSPS) is 10.2. The van der Waals surface area contributed by atoms with Crippen molar-refractivity contribution in [3.05, 3.63) is 102 Å². The first kappa shape index (κ1) is 17.8. The molecule has 0 saturated heterocycles. The minimum Gasteiger partial charge on any atom is -0.494 e. The molecule has 0 heterocycles. The van der Waals surface area contributed by atoms with Gasteiger partial charge in [0.1, 0.15) is 11.5 Å². The highest BCUT2D eigenvalue weighted by Crippen LogP contribution is 2.33. The lowest BCUT2D eigenvalue weighted by Crippen LogP contribution is -2.00. The van der Waals surface area contributed by atoms with E-state index < -0.39 is 0 Å². The molecule has 0 fully saturated rings. The molecular formula is C24H24O2. The number of hydrogen-bond acceptors (Lipinski definition) is 2. The maximum Gasteiger partial charge on any atom is 0.134 e. The Morgan fingerprint density at radius 1 is 0.615 bits per heavy atom. The summed E-state index contributed by atoms with van der Waals surface area (Å²) in [6.07, 6.45) is 0. The molecule has 0 aliphatic carbocycles. The molecule has 0 radical (unpaired) electrons. The SMILES string of the molecule is CCOC(=C(c1ccccc1)c1ccccc1)c1ccc(OCC)cc1. The molecule has 0 amide bonds. The van der Waals surface area contributed by atoms with Crippen LogP contribution in [0.5, 0.6) is 5.75 Å². The van der Waals surface area contributed by atoms with Crippen LogP contribution in [0.15, 0.2) is 84.9 Å². The largest absolute Gasteiger partial charge is 0.494 e. The number of ether oxygens (including phenoxy) is 2. The van der Waals surface area contributed by atoms with Gasteiger partial charge in [0.05, 0.1) is 13.2 Å². The Kier molecular flexibility index (Phi) is 6.10. The predicted molar refractivity (Wildman–Crippen MR) is 108 cm³/mol. The summed E-state index contributed by atoms with van der Waals surface area (Å²) in [4.78, 5) is 0. The lowest BCUT2D eigenvalue weighted by atomic mass is 9.94. The molecule has 2 nitrogen and oxygen atoms in total. The van der Waals surface area contributed by atoms with E-state index in [1.165, 1.54) is 0 Å². The fraction of sp³-hybridized carbons (Fsp3) is 0.167. The average molecular weight is 344 g/mol. The minimum atomic E-state index is 0.603. The molecule has 0 spiro atoms. The minimum absolute atomic E-state index is 0.603. The van der Waals surface area contributed by atoms with E-state index in [9.17, 15) is 0 Å². The molecule has 0 bridgehead atoms. The first-order valence-electron chi connectivity index (χ1n) is 9.04. The smallest absolute Gasteiger partial charge is 0.134 e. The van der Waals surface area contributed by atoms with Crippen molar-refractivity contribution in [1.29, 1.82) is 0 Å². The van der Waals surface area contributed by atoms with Crippen molar-refractivity contribution in [2.75, 3.05) is 13.2 Å². The topological polar surface area (TPSA) is 18.5 Å². The Bertz CT molecular complexity index is 793. The van der Waals surface area contributed by atoms with E-state index in [-0.39, 0.29) is 0 Å². The van der Waals surface area contributed by atoms with E-state index in [1.54, 1.807) is 0 Å². The van der Waals surface area contributed by atoms with Crippen molar-refractivity contribution in [3.63, 3.8) is 0 Å². The van der Waals surface area contributed by atoms with Gasteiger partial charge in [-0.25, -0.2) is 0 Å². The summed E-state index contributed by atoms with van der Waals surface area (Å²) < 4.78 is 11.7. The summed E-state index contributed by atoms with van der Waals surface area (Å²) in [5, 5.41) is 0. The first-order valence-corrected chi connectivity index (χ1v) is 9.04. The van der Waals surface area contributed by atoms with Gasteiger partial charge in [0.2, 0.25) is 0 Å². The molecule has 26 heavy (non-hydrogen) atoms. The van der Waals surface area contributed by atoms with Crippen molar-refractivity contribution in [3.8, 4) is 5.75 Å². The Morgan fingerprint density at radius 2 is 1.15 bits per heavy atom. The van der Waals surface area contributed by atoms with E-state index in [4.69, 9.17) is 9.47 Å². The third-order valence-corrected chi connectivity index (χ3v) is 4.07. The zero-order valence-electron chi connectivity index (χ0n) is 15.3. The van der Waals surface area contributed by atoms with E-state index >= 15 is 0 Å². The van der Waals surface area contributed by atoms with Gasteiger partial charge in [0.15, 0.2) is 0 Å². The van der Waals surface area contributed by atoms with Crippen molar-refractivity contribution < 1.29 is 9.47 Å². The van der Waals surface area contributed by atoms with E-state index in [0.717, 1.165) is 33.8 Å². The summed E-state index contributed by atoms with van der Waals surface area (Å²) in [5.74, 6) is 1.75.